The number of nitrogens with one attached hydrogen (secondary N) is 2. The average Bonchev–Trinajstić information content (AvgIpc) is 2.43. The number of aromatic amines is 1. The Morgan fingerprint density at radius 2 is 2.33 bits per heavy atom. The summed E-state index contributed by atoms with van der Waals surface area (Å²) in [6.45, 7) is 3.86. The Morgan fingerprint density at radius 3 is 3.13 bits per heavy atom. The zero-order valence-electron chi connectivity index (χ0n) is 9.05. The molecule has 0 saturated carbocycles. The number of hydrogen-bond acceptors (Lipinski definition) is 3. The van der Waals surface area contributed by atoms with Crippen LogP contribution in [-0.2, 0) is 0 Å². The number of rotatable bonds is 1. The first-order chi connectivity index (χ1) is 7.25. The van der Waals surface area contributed by atoms with E-state index in [0.717, 1.165) is 31.0 Å². The highest BCUT2D eigenvalue weighted by molar-refractivity contribution is 5.05. The normalized spacial score (nSPS) is 22.3. The molecule has 1 aromatic heterocycles. The second-order valence-electron chi connectivity index (χ2n) is 4.17. The predicted molar refractivity (Wildman–Crippen MR) is 59.1 cm³/mol. The topological polar surface area (TPSA) is 57.8 Å². The number of aryl methyl sites for hydroxylation is 1. The minimum Gasteiger partial charge on any atom is -0.316 e. The van der Waals surface area contributed by atoms with Crippen LogP contribution in [0.2, 0.25) is 0 Å². The van der Waals surface area contributed by atoms with E-state index in [2.05, 4.69) is 15.3 Å². The molecule has 0 aliphatic carbocycles. The first-order valence-electron chi connectivity index (χ1n) is 5.54. The molecule has 82 valence electrons. The molecule has 4 nitrogen and oxygen atoms in total. The van der Waals surface area contributed by atoms with E-state index >= 15 is 0 Å². The molecule has 1 saturated heterocycles. The summed E-state index contributed by atoms with van der Waals surface area (Å²) in [6, 6.07) is 1.54. The summed E-state index contributed by atoms with van der Waals surface area (Å²) in [5, 5.41) is 3.37. The molecule has 1 aliphatic heterocycles. The summed E-state index contributed by atoms with van der Waals surface area (Å²) < 4.78 is 0. The van der Waals surface area contributed by atoms with Crippen molar-refractivity contribution in [1.29, 1.82) is 0 Å². The molecule has 2 N–H and O–H groups in total. The van der Waals surface area contributed by atoms with E-state index in [4.69, 9.17) is 0 Å². The van der Waals surface area contributed by atoms with Crippen molar-refractivity contribution >= 4 is 0 Å². The van der Waals surface area contributed by atoms with Crippen LogP contribution in [0.3, 0.4) is 0 Å². The molecule has 0 aromatic carbocycles. The van der Waals surface area contributed by atoms with Crippen molar-refractivity contribution < 1.29 is 0 Å². The second-order valence-corrected chi connectivity index (χ2v) is 4.17. The van der Waals surface area contributed by atoms with Gasteiger partial charge in [0.25, 0.3) is 5.56 Å². The Balaban J connectivity index is 2.23. The fourth-order valence-corrected chi connectivity index (χ4v) is 2.05. The second kappa shape index (κ2) is 4.57. The number of nitrogens with zero attached hydrogens (tertiary/aromatic N) is 1. The summed E-state index contributed by atoms with van der Waals surface area (Å²) in [4.78, 5) is 18.6. The van der Waals surface area contributed by atoms with Gasteiger partial charge in [-0.2, -0.15) is 0 Å². The van der Waals surface area contributed by atoms with E-state index in [9.17, 15) is 4.79 Å². The lowest BCUT2D eigenvalue weighted by molar-refractivity contribution is 0.574. The van der Waals surface area contributed by atoms with Crippen LogP contribution in [0, 0.1) is 6.92 Å². The van der Waals surface area contributed by atoms with Gasteiger partial charge in [0.05, 0.1) is 0 Å². The highest BCUT2D eigenvalue weighted by Crippen LogP contribution is 2.19. The van der Waals surface area contributed by atoms with Gasteiger partial charge in [0.1, 0.15) is 5.82 Å². The summed E-state index contributed by atoms with van der Waals surface area (Å²) in [7, 11) is 0. The van der Waals surface area contributed by atoms with Gasteiger partial charge in [-0.05, 0) is 26.3 Å². The molecule has 0 bridgehead atoms. The van der Waals surface area contributed by atoms with E-state index in [-0.39, 0.29) is 5.56 Å². The third-order valence-corrected chi connectivity index (χ3v) is 2.82. The minimum absolute atomic E-state index is 0.0400. The van der Waals surface area contributed by atoms with Crippen LogP contribution >= 0.6 is 0 Å². The molecule has 0 radical (unpaired) electrons. The van der Waals surface area contributed by atoms with E-state index in [1.165, 1.54) is 18.9 Å². The van der Waals surface area contributed by atoms with Crippen molar-refractivity contribution in [1.82, 2.24) is 15.3 Å². The van der Waals surface area contributed by atoms with Gasteiger partial charge in [-0.1, -0.05) is 6.42 Å². The van der Waals surface area contributed by atoms with Gasteiger partial charge in [-0.3, -0.25) is 4.79 Å². The third-order valence-electron chi connectivity index (χ3n) is 2.82. The monoisotopic (exact) mass is 207 g/mol. The van der Waals surface area contributed by atoms with Crippen LogP contribution in [0.1, 0.15) is 36.7 Å². The Kier molecular flexibility index (Phi) is 3.16. The van der Waals surface area contributed by atoms with Crippen LogP contribution < -0.4 is 10.9 Å². The van der Waals surface area contributed by atoms with E-state index < -0.39 is 0 Å². The zero-order valence-corrected chi connectivity index (χ0v) is 9.05. The minimum atomic E-state index is -0.0400. The van der Waals surface area contributed by atoms with Gasteiger partial charge in [0.15, 0.2) is 0 Å². The molecule has 1 atom stereocenters. The smallest absolute Gasteiger partial charge is 0.251 e. The Bertz CT molecular complexity index is 378. The van der Waals surface area contributed by atoms with Gasteiger partial charge < -0.3 is 10.3 Å². The average molecular weight is 207 g/mol. The summed E-state index contributed by atoms with van der Waals surface area (Å²) in [5.41, 5.74) is 0.764. The summed E-state index contributed by atoms with van der Waals surface area (Å²) >= 11 is 0. The highest BCUT2D eigenvalue weighted by atomic mass is 16.1. The van der Waals surface area contributed by atoms with Crippen molar-refractivity contribution in [3.05, 3.63) is 27.9 Å². The maximum Gasteiger partial charge on any atom is 0.251 e. The third kappa shape index (κ3) is 2.65. The van der Waals surface area contributed by atoms with Crippen LogP contribution in [0.15, 0.2) is 10.9 Å². The van der Waals surface area contributed by atoms with Crippen molar-refractivity contribution in [3.8, 4) is 0 Å². The molecule has 1 aromatic rings. The Hall–Kier alpha value is -1.16. The van der Waals surface area contributed by atoms with Gasteiger partial charge in [0.2, 0.25) is 0 Å². The lowest BCUT2D eigenvalue weighted by Gasteiger charge is -2.13. The molecular formula is C11H17N3O. The molecular weight excluding hydrogens is 190 g/mol. The van der Waals surface area contributed by atoms with E-state index in [1.54, 1.807) is 0 Å². The summed E-state index contributed by atoms with van der Waals surface area (Å²) in [6.07, 6.45) is 3.53. The number of aromatic nitrogens is 2. The zero-order chi connectivity index (χ0) is 10.7. The largest absolute Gasteiger partial charge is 0.316 e. The standard InChI is InChI=1S/C11H17N3O/c1-8-6-10(15)14-11(13-8)9-4-2-3-5-12-7-9/h6,9,12H,2-5,7H2,1H3,(H,13,14,15). The molecule has 4 heteroatoms. The molecule has 0 spiro atoms. The van der Waals surface area contributed by atoms with Crippen LogP contribution in [0.5, 0.6) is 0 Å². The molecule has 1 aliphatic rings. The van der Waals surface area contributed by atoms with Crippen molar-refractivity contribution in [2.45, 2.75) is 32.1 Å². The van der Waals surface area contributed by atoms with Crippen LogP contribution in [-0.4, -0.2) is 23.1 Å². The molecule has 0 amide bonds. The lowest BCUT2D eigenvalue weighted by atomic mass is 10.0. The highest BCUT2D eigenvalue weighted by Gasteiger charge is 2.16. The quantitative estimate of drug-likeness (QED) is 0.720. The van der Waals surface area contributed by atoms with Crippen LogP contribution in [0.25, 0.3) is 0 Å². The van der Waals surface area contributed by atoms with Crippen molar-refractivity contribution in [2.75, 3.05) is 13.1 Å². The predicted octanol–water partition coefficient (Wildman–Crippen LogP) is 0.935. The molecule has 1 unspecified atom stereocenters. The molecule has 2 rings (SSSR count). The summed E-state index contributed by atoms with van der Waals surface area (Å²) in [5.74, 6) is 1.20. The Morgan fingerprint density at radius 1 is 1.47 bits per heavy atom. The van der Waals surface area contributed by atoms with Crippen molar-refractivity contribution in [3.63, 3.8) is 0 Å². The van der Waals surface area contributed by atoms with Gasteiger partial charge in [-0.25, -0.2) is 4.98 Å². The van der Waals surface area contributed by atoms with Gasteiger partial charge in [0, 0.05) is 24.2 Å². The first kappa shape index (κ1) is 10.4. The molecule has 1 fully saturated rings. The first-order valence-corrected chi connectivity index (χ1v) is 5.54. The van der Waals surface area contributed by atoms with Gasteiger partial charge in [-0.15, -0.1) is 0 Å². The van der Waals surface area contributed by atoms with Crippen molar-refractivity contribution in [2.24, 2.45) is 0 Å². The maximum absolute atomic E-state index is 11.3. The fraction of sp³-hybridized carbons (Fsp3) is 0.636. The van der Waals surface area contributed by atoms with Crippen LogP contribution in [0.4, 0.5) is 0 Å². The van der Waals surface area contributed by atoms with E-state index in [0.29, 0.717) is 5.92 Å². The molecule has 2 heterocycles. The lowest BCUT2D eigenvalue weighted by Crippen LogP contribution is -2.23. The Labute approximate surface area is 89.1 Å². The number of hydrogen-bond donors (Lipinski definition) is 2. The number of H-pyrrole nitrogens is 1. The fourth-order valence-electron chi connectivity index (χ4n) is 2.05. The van der Waals surface area contributed by atoms with E-state index in [1.807, 2.05) is 6.92 Å². The molecule has 15 heavy (non-hydrogen) atoms. The maximum atomic E-state index is 11.3. The SMILES string of the molecule is Cc1cc(=O)[nH]c(C2CCCCNC2)n1. The van der Waals surface area contributed by atoms with Gasteiger partial charge >= 0.3 is 0 Å².